The zero-order chi connectivity index (χ0) is 12.0. The standard InChI is InChI=1S/C13H20ClNO/c1-13(2,7-8-14)15-10-11-5-4-6-12(9-11)16-3/h4-6,9,15H,7-8,10H2,1-3H3. The largest absolute Gasteiger partial charge is 0.497 e. The molecule has 0 amide bonds. The van der Waals surface area contributed by atoms with E-state index in [1.165, 1.54) is 5.56 Å². The van der Waals surface area contributed by atoms with Gasteiger partial charge in [-0.3, -0.25) is 0 Å². The summed E-state index contributed by atoms with van der Waals surface area (Å²) in [6, 6.07) is 8.09. The zero-order valence-electron chi connectivity index (χ0n) is 10.2. The van der Waals surface area contributed by atoms with Crippen LogP contribution in [0.4, 0.5) is 0 Å². The second kappa shape index (κ2) is 6.12. The molecule has 1 aromatic rings. The molecule has 0 bridgehead atoms. The highest BCUT2D eigenvalue weighted by molar-refractivity contribution is 6.17. The van der Waals surface area contributed by atoms with Crippen molar-refractivity contribution in [2.45, 2.75) is 32.4 Å². The first-order chi connectivity index (χ1) is 7.57. The first kappa shape index (κ1) is 13.3. The molecule has 0 fully saturated rings. The Bertz CT molecular complexity index is 325. The molecule has 90 valence electrons. The molecule has 0 heterocycles. The third kappa shape index (κ3) is 4.42. The van der Waals surface area contributed by atoms with Crippen LogP contribution in [0.1, 0.15) is 25.8 Å². The molecule has 1 N–H and O–H groups in total. The molecule has 0 spiro atoms. The Morgan fingerprint density at radius 1 is 1.38 bits per heavy atom. The van der Waals surface area contributed by atoms with E-state index < -0.39 is 0 Å². The Hall–Kier alpha value is -0.730. The number of methoxy groups -OCH3 is 1. The molecule has 1 aromatic carbocycles. The maximum atomic E-state index is 5.76. The Labute approximate surface area is 103 Å². The van der Waals surface area contributed by atoms with Crippen LogP contribution >= 0.6 is 11.6 Å². The summed E-state index contributed by atoms with van der Waals surface area (Å²) in [7, 11) is 1.68. The van der Waals surface area contributed by atoms with Crippen molar-refractivity contribution in [2.24, 2.45) is 0 Å². The van der Waals surface area contributed by atoms with Crippen molar-refractivity contribution in [3.63, 3.8) is 0 Å². The first-order valence-corrected chi connectivity index (χ1v) is 6.05. The van der Waals surface area contributed by atoms with Crippen LogP contribution in [0.15, 0.2) is 24.3 Å². The molecule has 0 aromatic heterocycles. The smallest absolute Gasteiger partial charge is 0.119 e. The Morgan fingerprint density at radius 3 is 2.75 bits per heavy atom. The molecule has 3 heteroatoms. The third-order valence-corrected chi connectivity index (χ3v) is 2.81. The minimum Gasteiger partial charge on any atom is -0.497 e. The van der Waals surface area contributed by atoms with Gasteiger partial charge in [-0.2, -0.15) is 0 Å². The number of hydrogen-bond donors (Lipinski definition) is 1. The summed E-state index contributed by atoms with van der Waals surface area (Å²) in [5.41, 5.74) is 1.30. The fraction of sp³-hybridized carbons (Fsp3) is 0.538. The van der Waals surface area contributed by atoms with Crippen molar-refractivity contribution in [1.29, 1.82) is 0 Å². The molecule has 0 atom stereocenters. The van der Waals surface area contributed by atoms with Crippen molar-refractivity contribution in [1.82, 2.24) is 5.32 Å². The Balaban J connectivity index is 2.53. The van der Waals surface area contributed by atoms with Crippen LogP contribution in [0.25, 0.3) is 0 Å². The van der Waals surface area contributed by atoms with E-state index in [4.69, 9.17) is 16.3 Å². The molecule has 2 nitrogen and oxygen atoms in total. The molecular weight excluding hydrogens is 222 g/mol. The van der Waals surface area contributed by atoms with E-state index in [-0.39, 0.29) is 5.54 Å². The van der Waals surface area contributed by atoms with E-state index in [2.05, 4.69) is 25.2 Å². The van der Waals surface area contributed by atoms with Gasteiger partial charge < -0.3 is 10.1 Å². The topological polar surface area (TPSA) is 21.3 Å². The maximum absolute atomic E-state index is 5.76. The highest BCUT2D eigenvalue weighted by Crippen LogP contribution is 2.15. The van der Waals surface area contributed by atoms with Gasteiger partial charge in [0.1, 0.15) is 5.75 Å². The van der Waals surface area contributed by atoms with Gasteiger partial charge in [0.05, 0.1) is 7.11 Å². The number of alkyl halides is 1. The number of hydrogen-bond acceptors (Lipinski definition) is 2. The summed E-state index contributed by atoms with van der Waals surface area (Å²) in [4.78, 5) is 0. The molecule has 0 saturated heterocycles. The Kier molecular flexibility index (Phi) is 5.10. The molecule has 0 unspecified atom stereocenters. The second-order valence-corrected chi connectivity index (χ2v) is 4.91. The number of rotatable bonds is 6. The predicted molar refractivity (Wildman–Crippen MR) is 69.2 cm³/mol. The summed E-state index contributed by atoms with van der Waals surface area (Å²) in [6.45, 7) is 5.16. The predicted octanol–water partition coefficient (Wildman–Crippen LogP) is 3.19. The van der Waals surface area contributed by atoms with Crippen LogP contribution in [-0.2, 0) is 6.54 Å². The van der Waals surface area contributed by atoms with Crippen molar-refractivity contribution >= 4 is 11.6 Å². The average molecular weight is 242 g/mol. The number of nitrogens with one attached hydrogen (secondary N) is 1. The molecular formula is C13H20ClNO. The van der Waals surface area contributed by atoms with Crippen LogP contribution in [0.5, 0.6) is 5.75 Å². The van der Waals surface area contributed by atoms with Gasteiger partial charge in [-0.25, -0.2) is 0 Å². The lowest BCUT2D eigenvalue weighted by Crippen LogP contribution is -2.39. The highest BCUT2D eigenvalue weighted by Gasteiger charge is 2.15. The van der Waals surface area contributed by atoms with Crippen LogP contribution in [-0.4, -0.2) is 18.5 Å². The summed E-state index contributed by atoms with van der Waals surface area (Å²) >= 11 is 5.76. The number of benzene rings is 1. The van der Waals surface area contributed by atoms with E-state index in [9.17, 15) is 0 Å². The van der Waals surface area contributed by atoms with Gasteiger partial charge in [-0.1, -0.05) is 12.1 Å². The van der Waals surface area contributed by atoms with Gasteiger partial charge in [0.15, 0.2) is 0 Å². The lowest BCUT2D eigenvalue weighted by atomic mass is 10.0. The van der Waals surface area contributed by atoms with Gasteiger partial charge in [-0.05, 0) is 38.0 Å². The number of halogens is 1. The SMILES string of the molecule is COc1cccc(CNC(C)(C)CCCl)c1. The molecule has 0 aliphatic carbocycles. The van der Waals surface area contributed by atoms with E-state index in [0.29, 0.717) is 5.88 Å². The maximum Gasteiger partial charge on any atom is 0.119 e. The summed E-state index contributed by atoms with van der Waals surface area (Å²) in [6.07, 6.45) is 0.957. The summed E-state index contributed by atoms with van der Waals surface area (Å²) in [5, 5.41) is 3.49. The molecule has 0 radical (unpaired) electrons. The van der Waals surface area contributed by atoms with E-state index in [1.807, 2.05) is 18.2 Å². The molecule has 1 rings (SSSR count). The highest BCUT2D eigenvalue weighted by atomic mass is 35.5. The van der Waals surface area contributed by atoms with Crippen LogP contribution < -0.4 is 10.1 Å². The van der Waals surface area contributed by atoms with Gasteiger partial charge in [0.2, 0.25) is 0 Å². The minimum atomic E-state index is 0.0742. The molecule has 16 heavy (non-hydrogen) atoms. The van der Waals surface area contributed by atoms with Crippen molar-refractivity contribution in [2.75, 3.05) is 13.0 Å². The minimum absolute atomic E-state index is 0.0742. The molecule has 0 saturated carbocycles. The van der Waals surface area contributed by atoms with Gasteiger partial charge in [-0.15, -0.1) is 11.6 Å². The first-order valence-electron chi connectivity index (χ1n) is 5.51. The van der Waals surface area contributed by atoms with Gasteiger partial charge in [0, 0.05) is 18.0 Å². The summed E-state index contributed by atoms with van der Waals surface area (Å²) in [5.74, 6) is 1.58. The lowest BCUT2D eigenvalue weighted by molar-refractivity contribution is 0.375. The van der Waals surface area contributed by atoms with Crippen molar-refractivity contribution < 1.29 is 4.74 Å². The van der Waals surface area contributed by atoms with Crippen molar-refractivity contribution in [3.05, 3.63) is 29.8 Å². The summed E-state index contributed by atoms with van der Waals surface area (Å²) < 4.78 is 5.19. The van der Waals surface area contributed by atoms with Crippen LogP contribution in [0.3, 0.4) is 0 Å². The number of ether oxygens (including phenoxy) is 1. The van der Waals surface area contributed by atoms with Gasteiger partial charge in [0.25, 0.3) is 0 Å². The quantitative estimate of drug-likeness (QED) is 0.773. The van der Waals surface area contributed by atoms with E-state index in [1.54, 1.807) is 7.11 Å². The normalized spacial score (nSPS) is 11.5. The fourth-order valence-electron chi connectivity index (χ4n) is 1.45. The Morgan fingerprint density at radius 2 is 2.12 bits per heavy atom. The third-order valence-electron chi connectivity index (χ3n) is 2.62. The fourth-order valence-corrected chi connectivity index (χ4v) is 1.92. The molecule has 0 aliphatic rings. The molecule has 0 aliphatic heterocycles. The monoisotopic (exact) mass is 241 g/mol. The average Bonchev–Trinajstić information content (AvgIpc) is 2.27. The second-order valence-electron chi connectivity index (χ2n) is 4.53. The van der Waals surface area contributed by atoms with Crippen molar-refractivity contribution in [3.8, 4) is 5.75 Å². The van der Waals surface area contributed by atoms with Gasteiger partial charge >= 0.3 is 0 Å². The van der Waals surface area contributed by atoms with E-state index >= 15 is 0 Å². The van der Waals surface area contributed by atoms with Crippen LogP contribution in [0, 0.1) is 0 Å². The zero-order valence-corrected chi connectivity index (χ0v) is 11.0. The lowest BCUT2D eigenvalue weighted by Gasteiger charge is -2.25. The van der Waals surface area contributed by atoms with E-state index in [0.717, 1.165) is 18.7 Å². The van der Waals surface area contributed by atoms with Crippen LogP contribution in [0.2, 0.25) is 0 Å².